The molecule has 6 heteroatoms. The molecule has 0 N–H and O–H groups in total. The van der Waals surface area contributed by atoms with Gasteiger partial charge in [0.05, 0.1) is 0 Å². The third-order valence-electron chi connectivity index (χ3n) is 3.71. The molecule has 0 amide bonds. The zero-order chi connectivity index (χ0) is 13.4. The Kier molecular flexibility index (Phi) is 2.85. The van der Waals surface area contributed by atoms with Crippen LogP contribution in [0.2, 0.25) is 0 Å². The third-order valence-corrected chi connectivity index (χ3v) is 3.71. The van der Waals surface area contributed by atoms with Crippen LogP contribution in [-0.2, 0) is 14.1 Å². The van der Waals surface area contributed by atoms with E-state index >= 15 is 0 Å². The monoisotopic (exact) mass is 259 g/mol. The van der Waals surface area contributed by atoms with Crippen molar-refractivity contribution in [3.8, 4) is 0 Å². The van der Waals surface area contributed by atoms with Gasteiger partial charge < -0.3 is 14.0 Å². The Morgan fingerprint density at radius 1 is 1.16 bits per heavy atom. The van der Waals surface area contributed by atoms with Crippen LogP contribution in [0.5, 0.6) is 0 Å². The normalized spacial score (nSPS) is 19.1. The van der Waals surface area contributed by atoms with Crippen LogP contribution in [0.1, 0.15) is 18.2 Å². The molecule has 3 rings (SSSR count). The Morgan fingerprint density at radius 2 is 1.89 bits per heavy atom. The van der Waals surface area contributed by atoms with Crippen LogP contribution in [0, 0.1) is 0 Å². The summed E-state index contributed by atoms with van der Waals surface area (Å²) < 4.78 is 3.61. The largest absolute Gasteiger partial charge is 0.351 e. The molecule has 100 valence electrons. The average Bonchev–Trinajstić information content (AvgIpc) is 3.01. The molecule has 0 saturated carbocycles. The molecule has 3 heterocycles. The first-order valence-electron chi connectivity index (χ1n) is 6.40. The molecule has 0 aromatic carbocycles. The first kappa shape index (κ1) is 12.0. The number of aromatic nitrogens is 4. The lowest BCUT2D eigenvalue weighted by atomic mass is 10.1. The molecule has 0 aliphatic carbocycles. The maximum absolute atomic E-state index is 12.1. The zero-order valence-corrected chi connectivity index (χ0v) is 11.2. The lowest BCUT2D eigenvalue weighted by Crippen LogP contribution is -2.30. The highest BCUT2D eigenvalue weighted by Gasteiger charge is 2.28. The quantitative estimate of drug-likeness (QED) is 0.788. The summed E-state index contributed by atoms with van der Waals surface area (Å²) in [6.07, 6.45) is 8.13. The molecule has 1 aliphatic heterocycles. The van der Waals surface area contributed by atoms with Crippen LogP contribution < -0.4 is 10.5 Å². The average molecular weight is 259 g/mol. The van der Waals surface area contributed by atoms with Crippen molar-refractivity contribution in [2.75, 3.05) is 18.0 Å². The van der Waals surface area contributed by atoms with Crippen molar-refractivity contribution < 1.29 is 0 Å². The SMILES string of the molecule is Cn1ccnc1C1CCN(c2nccn(C)c2=O)C1. The van der Waals surface area contributed by atoms with Gasteiger partial charge in [-0.3, -0.25) is 4.79 Å². The maximum Gasteiger partial charge on any atom is 0.293 e. The molecule has 6 nitrogen and oxygen atoms in total. The molecule has 0 spiro atoms. The van der Waals surface area contributed by atoms with Gasteiger partial charge in [0.15, 0.2) is 5.82 Å². The van der Waals surface area contributed by atoms with E-state index < -0.39 is 0 Å². The zero-order valence-electron chi connectivity index (χ0n) is 11.2. The highest BCUT2D eigenvalue weighted by Crippen LogP contribution is 2.27. The predicted octanol–water partition coefficient (Wildman–Crippen LogP) is 0.508. The van der Waals surface area contributed by atoms with Crippen LogP contribution >= 0.6 is 0 Å². The summed E-state index contributed by atoms with van der Waals surface area (Å²) >= 11 is 0. The molecule has 2 aromatic rings. The minimum absolute atomic E-state index is 0.0389. The molecule has 2 aromatic heterocycles. The Balaban J connectivity index is 1.85. The summed E-state index contributed by atoms with van der Waals surface area (Å²) in [6, 6.07) is 0. The second kappa shape index (κ2) is 4.53. The summed E-state index contributed by atoms with van der Waals surface area (Å²) in [7, 11) is 3.75. The predicted molar refractivity (Wildman–Crippen MR) is 72.3 cm³/mol. The number of aryl methyl sites for hydroxylation is 2. The molecule has 1 fully saturated rings. The van der Waals surface area contributed by atoms with Crippen molar-refractivity contribution in [3.05, 3.63) is 41.0 Å². The molecule has 0 radical (unpaired) electrons. The summed E-state index contributed by atoms with van der Waals surface area (Å²) in [5.74, 6) is 1.99. The van der Waals surface area contributed by atoms with Gasteiger partial charge in [-0.2, -0.15) is 0 Å². The third kappa shape index (κ3) is 2.03. The van der Waals surface area contributed by atoms with E-state index in [4.69, 9.17) is 0 Å². The smallest absolute Gasteiger partial charge is 0.293 e. The van der Waals surface area contributed by atoms with E-state index in [0.29, 0.717) is 11.7 Å². The Labute approximate surface area is 111 Å². The van der Waals surface area contributed by atoms with E-state index in [2.05, 4.69) is 14.9 Å². The highest BCUT2D eigenvalue weighted by molar-refractivity contribution is 5.38. The van der Waals surface area contributed by atoms with Gasteiger partial charge in [0.25, 0.3) is 5.56 Å². The molecule has 1 saturated heterocycles. The van der Waals surface area contributed by atoms with E-state index in [1.807, 2.05) is 24.0 Å². The standard InChI is InChI=1S/C13H17N5O/c1-16-7-4-14-11(16)10-3-6-18(9-10)12-13(19)17(2)8-5-15-12/h4-5,7-8,10H,3,6,9H2,1-2H3. The summed E-state index contributed by atoms with van der Waals surface area (Å²) in [4.78, 5) is 22.7. The van der Waals surface area contributed by atoms with Crippen LogP contribution in [0.15, 0.2) is 29.6 Å². The second-order valence-electron chi connectivity index (χ2n) is 4.99. The van der Waals surface area contributed by atoms with E-state index in [-0.39, 0.29) is 5.56 Å². The van der Waals surface area contributed by atoms with Gasteiger partial charge >= 0.3 is 0 Å². The Morgan fingerprint density at radius 3 is 2.63 bits per heavy atom. The fourth-order valence-electron chi connectivity index (χ4n) is 2.64. The summed E-state index contributed by atoms with van der Waals surface area (Å²) in [6.45, 7) is 1.65. The van der Waals surface area contributed by atoms with Crippen molar-refractivity contribution in [2.45, 2.75) is 12.3 Å². The van der Waals surface area contributed by atoms with Crippen molar-refractivity contribution in [2.24, 2.45) is 14.1 Å². The Bertz CT molecular complexity index is 644. The number of imidazole rings is 1. The summed E-state index contributed by atoms with van der Waals surface area (Å²) in [5, 5.41) is 0. The summed E-state index contributed by atoms with van der Waals surface area (Å²) in [5.41, 5.74) is -0.0389. The molecule has 1 unspecified atom stereocenters. The number of anilines is 1. The lowest BCUT2D eigenvalue weighted by Gasteiger charge is -2.17. The van der Waals surface area contributed by atoms with Crippen molar-refractivity contribution >= 4 is 5.82 Å². The maximum atomic E-state index is 12.1. The van der Waals surface area contributed by atoms with Crippen LogP contribution in [0.3, 0.4) is 0 Å². The second-order valence-corrected chi connectivity index (χ2v) is 4.99. The molecule has 19 heavy (non-hydrogen) atoms. The number of hydrogen-bond acceptors (Lipinski definition) is 4. The van der Waals surface area contributed by atoms with Gasteiger partial charge in [0.2, 0.25) is 0 Å². The minimum Gasteiger partial charge on any atom is -0.351 e. The van der Waals surface area contributed by atoms with Crippen molar-refractivity contribution in [1.82, 2.24) is 19.1 Å². The van der Waals surface area contributed by atoms with Crippen LogP contribution in [0.25, 0.3) is 0 Å². The van der Waals surface area contributed by atoms with Crippen molar-refractivity contribution in [1.29, 1.82) is 0 Å². The molecule has 1 aliphatic rings. The highest BCUT2D eigenvalue weighted by atomic mass is 16.1. The number of rotatable bonds is 2. The van der Waals surface area contributed by atoms with Gasteiger partial charge in [0.1, 0.15) is 5.82 Å². The fourth-order valence-corrected chi connectivity index (χ4v) is 2.64. The topological polar surface area (TPSA) is 56.0 Å². The fraction of sp³-hybridized carbons (Fsp3) is 0.462. The number of nitrogens with zero attached hydrogens (tertiary/aromatic N) is 5. The molecule has 1 atom stereocenters. The van der Waals surface area contributed by atoms with Crippen molar-refractivity contribution in [3.63, 3.8) is 0 Å². The molecule has 0 bridgehead atoms. The van der Waals surface area contributed by atoms with E-state index in [0.717, 1.165) is 25.3 Å². The molecular formula is C13H17N5O. The van der Waals surface area contributed by atoms with Crippen LogP contribution in [0.4, 0.5) is 5.82 Å². The van der Waals surface area contributed by atoms with Gasteiger partial charge in [-0.05, 0) is 6.42 Å². The van der Waals surface area contributed by atoms with E-state index in [1.165, 1.54) is 0 Å². The van der Waals surface area contributed by atoms with E-state index in [1.54, 1.807) is 24.0 Å². The molecular weight excluding hydrogens is 242 g/mol. The first-order chi connectivity index (χ1) is 9.16. The first-order valence-corrected chi connectivity index (χ1v) is 6.40. The van der Waals surface area contributed by atoms with Gasteiger partial charge in [-0.1, -0.05) is 0 Å². The van der Waals surface area contributed by atoms with Gasteiger partial charge in [0, 0.05) is 57.9 Å². The van der Waals surface area contributed by atoms with Gasteiger partial charge in [-0.25, -0.2) is 9.97 Å². The minimum atomic E-state index is -0.0389. The van der Waals surface area contributed by atoms with E-state index in [9.17, 15) is 4.79 Å². The van der Waals surface area contributed by atoms with Gasteiger partial charge in [-0.15, -0.1) is 0 Å². The Hall–Kier alpha value is -2.11. The van der Waals surface area contributed by atoms with Crippen LogP contribution in [-0.4, -0.2) is 32.2 Å². The lowest BCUT2D eigenvalue weighted by molar-refractivity contribution is 0.664. The number of hydrogen-bond donors (Lipinski definition) is 0.